The monoisotopic (exact) mass is 496 g/mol. The number of benzene rings is 1. The summed E-state index contributed by atoms with van der Waals surface area (Å²) in [7, 11) is 0. The molecule has 36 heavy (non-hydrogen) atoms. The van der Waals surface area contributed by atoms with Gasteiger partial charge in [0.2, 0.25) is 5.91 Å². The number of nitrogens with zero attached hydrogens (tertiary/aromatic N) is 3. The van der Waals surface area contributed by atoms with E-state index in [9.17, 15) is 23.2 Å². The number of amides is 1. The number of hydrogen-bond donors (Lipinski definition) is 1. The minimum atomic E-state index is -4.49. The van der Waals surface area contributed by atoms with Crippen molar-refractivity contribution in [2.75, 3.05) is 6.54 Å². The number of ether oxygens (including phenoxy) is 1. The predicted octanol–water partition coefficient (Wildman–Crippen LogP) is 4.56. The zero-order valence-corrected chi connectivity index (χ0v) is 19.7. The quantitative estimate of drug-likeness (QED) is 0.593. The Morgan fingerprint density at radius 1 is 1.11 bits per heavy atom. The summed E-state index contributed by atoms with van der Waals surface area (Å²) < 4.78 is 46.7. The van der Waals surface area contributed by atoms with E-state index in [4.69, 9.17) is 11.2 Å². The molecule has 1 saturated heterocycles. The summed E-state index contributed by atoms with van der Waals surface area (Å²) >= 11 is 0. The molecule has 0 radical (unpaired) electrons. The van der Waals surface area contributed by atoms with Gasteiger partial charge in [-0.15, -0.1) is 6.42 Å². The molecule has 2 aromatic rings. The molecule has 9 heteroatoms. The van der Waals surface area contributed by atoms with Gasteiger partial charge in [-0.05, 0) is 80.0 Å². The van der Waals surface area contributed by atoms with E-state index in [-0.39, 0.29) is 36.2 Å². The number of nitrogens with one attached hydrogen (secondary N) is 1. The standard InChI is InChI=1S/C27H27F3N4O2/c1-2-20-5-6-21(16-31)34(20)26(35)17-33-19-3-7-22(8-4-19)36-23-9-10-25(27(28,29)30)24(15-23)18-11-13-32-14-12-18/h1,9-15,19-22,33H,3-8,17H2/t19-,20?,21-,22-/m0/s1. The smallest absolute Gasteiger partial charge is 0.417 e. The summed E-state index contributed by atoms with van der Waals surface area (Å²) in [6.45, 7) is 0.112. The van der Waals surface area contributed by atoms with Gasteiger partial charge in [0.1, 0.15) is 11.8 Å². The van der Waals surface area contributed by atoms with Crippen LogP contribution in [-0.2, 0) is 11.0 Å². The van der Waals surface area contributed by atoms with Crippen molar-refractivity contribution < 1.29 is 22.7 Å². The van der Waals surface area contributed by atoms with Gasteiger partial charge < -0.3 is 15.0 Å². The number of carbonyl (C=O) groups excluding carboxylic acids is 1. The first-order valence-corrected chi connectivity index (χ1v) is 12.0. The van der Waals surface area contributed by atoms with Crippen LogP contribution < -0.4 is 10.1 Å². The predicted molar refractivity (Wildman–Crippen MR) is 127 cm³/mol. The summed E-state index contributed by atoms with van der Waals surface area (Å²) in [6, 6.07) is 8.38. The molecule has 1 aliphatic heterocycles. The van der Waals surface area contributed by atoms with Gasteiger partial charge in [-0.1, -0.05) is 5.92 Å². The normalized spacial score (nSPS) is 24.1. The molecule has 1 aliphatic carbocycles. The molecule has 1 saturated carbocycles. The highest BCUT2D eigenvalue weighted by atomic mass is 19.4. The Morgan fingerprint density at radius 3 is 2.44 bits per heavy atom. The summed E-state index contributed by atoms with van der Waals surface area (Å²) in [5.41, 5.74) is -0.245. The molecule has 2 fully saturated rings. The van der Waals surface area contributed by atoms with Gasteiger partial charge in [0.05, 0.1) is 30.3 Å². The zero-order chi connectivity index (χ0) is 25.7. The van der Waals surface area contributed by atoms with Gasteiger partial charge in [0, 0.05) is 18.4 Å². The Morgan fingerprint density at radius 2 is 1.81 bits per heavy atom. The van der Waals surface area contributed by atoms with Gasteiger partial charge in [-0.3, -0.25) is 9.78 Å². The minimum Gasteiger partial charge on any atom is -0.490 e. The maximum absolute atomic E-state index is 13.6. The maximum Gasteiger partial charge on any atom is 0.417 e. The number of halogens is 3. The van der Waals surface area contributed by atoms with Crippen molar-refractivity contribution >= 4 is 5.91 Å². The fourth-order valence-corrected chi connectivity index (χ4v) is 4.96. The fraction of sp³-hybridized carbons (Fsp3) is 0.444. The van der Waals surface area contributed by atoms with E-state index >= 15 is 0 Å². The number of alkyl halides is 3. The number of terminal acetylenes is 1. The SMILES string of the molecule is C#CC1CC[C@@H](C#N)N1C(=O)CN[C@H]1CC[C@H](Oc2ccc(C(F)(F)F)c(-c3ccncc3)c2)CC1. The van der Waals surface area contributed by atoms with E-state index in [1.165, 1.54) is 29.4 Å². The van der Waals surface area contributed by atoms with Crippen LogP contribution in [0.4, 0.5) is 13.2 Å². The third-order valence-electron chi connectivity index (χ3n) is 6.82. The van der Waals surface area contributed by atoms with Gasteiger partial charge in [0.15, 0.2) is 0 Å². The second-order valence-corrected chi connectivity index (χ2v) is 9.12. The van der Waals surface area contributed by atoms with Crippen molar-refractivity contribution in [3.63, 3.8) is 0 Å². The highest BCUT2D eigenvalue weighted by molar-refractivity contribution is 5.80. The van der Waals surface area contributed by atoms with Crippen LogP contribution in [0, 0.1) is 23.7 Å². The first-order valence-electron chi connectivity index (χ1n) is 12.0. The van der Waals surface area contributed by atoms with Crippen molar-refractivity contribution in [3.05, 3.63) is 48.3 Å². The molecular formula is C27H27F3N4O2. The molecule has 4 rings (SSSR count). The molecule has 0 bridgehead atoms. The van der Waals surface area contributed by atoms with Gasteiger partial charge >= 0.3 is 6.18 Å². The molecule has 1 amide bonds. The van der Waals surface area contributed by atoms with Crippen LogP contribution in [0.3, 0.4) is 0 Å². The number of hydrogen-bond acceptors (Lipinski definition) is 5. The average Bonchev–Trinajstić information content (AvgIpc) is 3.31. The molecular weight excluding hydrogens is 469 g/mol. The first kappa shape index (κ1) is 25.5. The van der Waals surface area contributed by atoms with Crippen molar-refractivity contribution in [1.29, 1.82) is 5.26 Å². The Bertz CT molecular complexity index is 1130. The molecule has 1 aromatic carbocycles. The lowest BCUT2D eigenvalue weighted by Gasteiger charge is -2.31. The van der Waals surface area contributed by atoms with E-state index in [0.717, 1.165) is 18.9 Å². The number of pyridine rings is 1. The maximum atomic E-state index is 13.6. The highest BCUT2D eigenvalue weighted by Crippen LogP contribution is 2.39. The lowest BCUT2D eigenvalue weighted by molar-refractivity contribution is -0.137. The summed E-state index contributed by atoms with van der Waals surface area (Å²) in [5, 5.41) is 12.6. The summed E-state index contributed by atoms with van der Waals surface area (Å²) in [4.78, 5) is 18.1. The largest absolute Gasteiger partial charge is 0.490 e. The molecule has 6 nitrogen and oxygen atoms in total. The fourth-order valence-electron chi connectivity index (χ4n) is 4.96. The number of nitriles is 1. The third kappa shape index (κ3) is 5.80. The Hall–Kier alpha value is -3.56. The lowest BCUT2D eigenvalue weighted by atomic mass is 9.92. The van der Waals surface area contributed by atoms with E-state index in [0.29, 0.717) is 37.0 Å². The Kier molecular flexibility index (Phi) is 7.81. The van der Waals surface area contributed by atoms with Gasteiger partial charge in [0.25, 0.3) is 0 Å². The van der Waals surface area contributed by atoms with Crippen molar-refractivity contribution in [2.45, 2.75) is 68.9 Å². The van der Waals surface area contributed by atoms with E-state index in [1.807, 2.05) is 0 Å². The van der Waals surface area contributed by atoms with Crippen LogP contribution in [-0.4, -0.2) is 46.6 Å². The van der Waals surface area contributed by atoms with Crippen LogP contribution in [0.1, 0.15) is 44.1 Å². The summed E-state index contributed by atoms with van der Waals surface area (Å²) in [5.74, 6) is 2.81. The Labute approximate surface area is 208 Å². The molecule has 1 unspecified atom stereocenters. The number of carbonyl (C=O) groups is 1. The van der Waals surface area contributed by atoms with Crippen LogP contribution in [0.15, 0.2) is 42.7 Å². The second-order valence-electron chi connectivity index (χ2n) is 9.12. The third-order valence-corrected chi connectivity index (χ3v) is 6.82. The zero-order valence-electron chi connectivity index (χ0n) is 19.7. The van der Waals surface area contributed by atoms with Crippen LogP contribution in [0.2, 0.25) is 0 Å². The highest BCUT2D eigenvalue weighted by Gasteiger charge is 2.36. The van der Waals surface area contributed by atoms with Gasteiger partial charge in [-0.2, -0.15) is 18.4 Å². The molecule has 1 N–H and O–H groups in total. The van der Waals surface area contributed by atoms with Crippen molar-refractivity contribution in [1.82, 2.24) is 15.2 Å². The average molecular weight is 497 g/mol. The van der Waals surface area contributed by atoms with E-state index < -0.39 is 17.8 Å². The Balaban J connectivity index is 1.33. The molecule has 1 aromatic heterocycles. The minimum absolute atomic E-state index is 0.0547. The molecule has 0 spiro atoms. The molecule has 2 aliphatic rings. The summed E-state index contributed by atoms with van der Waals surface area (Å²) in [6.07, 6.45) is 7.97. The number of rotatable bonds is 6. The molecule has 188 valence electrons. The van der Waals surface area contributed by atoms with Crippen LogP contribution in [0.25, 0.3) is 11.1 Å². The number of aromatic nitrogens is 1. The first-order chi connectivity index (χ1) is 17.3. The topological polar surface area (TPSA) is 78.2 Å². The van der Waals surface area contributed by atoms with E-state index in [2.05, 4.69) is 22.3 Å². The van der Waals surface area contributed by atoms with Gasteiger partial charge in [-0.25, -0.2) is 0 Å². The van der Waals surface area contributed by atoms with Crippen molar-refractivity contribution in [2.24, 2.45) is 0 Å². The van der Waals surface area contributed by atoms with Crippen molar-refractivity contribution in [3.8, 4) is 35.3 Å². The molecule has 2 atom stereocenters. The number of likely N-dealkylation sites (tertiary alicyclic amines) is 1. The van der Waals surface area contributed by atoms with Crippen LogP contribution >= 0.6 is 0 Å². The second kappa shape index (κ2) is 11.0. The van der Waals surface area contributed by atoms with E-state index in [1.54, 1.807) is 12.1 Å². The van der Waals surface area contributed by atoms with Crippen LogP contribution in [0.5, 0.6) is 5.75 Å². The lowest BCUT2D eigenvalue weighted by Crippen LogP contribution is -2.47. The molecule has 2 heterocycles.